The molecule has 1 aromatic heterocycles. The molecule has 0 fully saturated rings. The fraction of sp³-hybridized carbons (Fsp3) is 0.714. The molecular weight excluding hydrogens is 246 g/mol. The Kier molecular flexibility index (Phi) is 5.39. The van der Waals surface area contributed by atoms with Crippen LogP contribution in [0.1, 0.15) is 39.1 Å². The number of anilines is 1. The normalized spacial score (nSPS) is 11.7. The van der Waals surface area contributed by atoms with Gasteiger partial charge in [0.1, 0.15) is 0 Å². The van der Waals surface area contributed by atoms with Crippen molar-refractivity contribution >= 4 is 17.4 Å². The van der Waals surface area contributed by atoms with Crippen molar-refractivity contribution < 1.29 is 0 Å². The molecule has 102 valence electrons. The minimum absolute atomic E-state index is 0.462. The topological polar surface area (TPSA) is 37.8 Å². The van der Waals surface area contributed by atoms with Crippen LogP contribution < -0.4 is 5.32 Å². The van der Waals surface area contributed by atoms with E-state index in [4.69, 9.17) is 11.6 Å². The van der Waals surface area contributed by atoms with Gasteiger partial charge in [0.15, 0.2) is 11.0 Å². The van der Waals surface area contributed by atoms with Gasteiger partial charge in [-0.3, -0.25) is 0 Å². The molecule has 1 rings (SSSR count). The van der Waals surface area contributed by atoms with Gasteiger partial charge in [-0.2, -0.15) is 0 Å². The molecule has 0 aliphatic heterocycles. The average Bonchev–Trinajstić information content (AvgIpc) is 2.24. The number of aryl methyl sites for hydroxylation is 2. The highest BCUT2D eigenvalue weighted by Crippen LogP contribution is 2.23. The second-order valence-corrected chi connectivity index (χ2v) is 5.92. The van der Waals surface area contributed by atoms with Crippen LogP contribution in [0, 0.1) is 31.6 Å². The quantitative estimate of drug-likeness (QED) is 0.875. The van der Waals surface area contributed by atoms with Crippen LogP contribution in [0.3, 0.4) is 0 Å². The Bertz CT molecular complexity index is 394. The van der Waals surface area contributed by atoms with Crippen molar-refractivity contribution in [2.45, 2.75) is 41.5 Å². The van der Waals surface area contributed by atoms with Gasteiger partial charge in [0.05, 0.1) is 11.4 Å². The van der Waals surface area contributed by atoms with E-state index >= 15 is 0 Å². The van der Waals surface area contributed by atoms with E-state index in [2.05, 4.69) is 43.0 Å². The van der Waals surface area contributed by atoms with Crippen LogP contribution in [0.2, 0.25) is 5.15 Å². The van der Waals surface area contributed by atoms with Crippen LogP contribution in [0.25, 0.3) is 0 Å². The van der Waals surface area contributed by atoms with Crippen molar-refractivity contribution in [3.63, 3.8) is 0 Å². The van der Waals surface area contributed by atoms with Crippen LogP contribution >= 0.6 is 11.6 Å². The predicted molar refractivity (Wildman–Crippen MR) is 78.2 cm³/mol. The highest BCUT2D eigenvalue weighted by Gasteiger charge is 2.18. The van der Waals surface area contributed by atoms with Crippen molar-refractivity contribution in [1.82, 2.24) is 9.97 Å². The summed E-state index contributed by atoms with van der Waals surface area (Å²) in [7, 11) is 0. The first kappa shape index (κ1) is 15.2. The Hall–Kier alpha value is -0.830. The van der Waals surface area contributed by atoms with Gasteiger partial charge in [-0.25, -0.2) is 9.97 Å². The molecule has 0 atom stereocenters. The zero-order valence-electron chi connectivity index (χ0n) is 12.2. The maximum absolute atomic E-state index is 6.11. The summed E-state index contributed by atoms with van der Waals surface area (Å²) in [5.41, 5.74) is 1.81. The third-order valence-electron chi connectivity index (χ3n) is 3.48. The van der Waals surface area contributed by atoms with E-state index in [1.165, 1.54) is 0 Å². The third-order valence-corrected chi connectivity index (χ3v) is 3.75. The van der Waals surface area contributed by atoms with E-state index < -0.39 is 0 Å². The summed E-state index contributed by atoms with van der Waals surface area (Å²) in [6.07, 6.45) is 0. The molecular formula is C14H24ClN3. The second kappa shape index (κ2) is 6.37. The first-order chi connectivity index (χ1) is 8.32. The van der Waals surface area contributed by atoms with Crippen LogP contribution in [0.5, 0.6) is 0 Å². The Balaban J connectivity index is 2.76. The summed E-state index contributed by atoms with van der Waals surface area (Å²) in [6, 6.07) is 0. The average molecular weight is 270 g/mol. The molecule has 0 unspecified atom stereocenters. The molecule has 4 heteroatoms. The van der Waals surface area contributed by atoms with Gasteiger partial charge < -0.3 is 5.32 Å². The van der Waals surface area contributed by atoms with E-state index in [0.29, 0.717) is 28.7 Å². The van der Waals surface area contributed by atoms with Gasteiger partial charge in [-0.05, 0) is 31.6 Å². The van der Waals surface area contributed by atoms with Gasteiger partial charge in [-0.1, -0.05) is 39.3 Å². The highest BCUT2D eigenvalue weighted by atomic mass is 35.5. The van der Waals surface area contributed by atoms with Gasteiger partial charge in [0, 0.05) is 6.54 Å². The Morgan fingerprint density at radius 3 is 2.00 bits per heavy atom. The lowest BCUT2D eigenvalue weighted by molar-refractivity contribution is 0.304. The molecule has 0 saturated heterocycles. The number of aromatic nitrogens is 2. The van der Waals surface area contributed by atoms with E-state index in [-0.39, 0.29) is 0 Å². The smallest absolute Gasteiger partial charge is 0.171 e. The summed E-state index contributed by atoms with van der Waals surface area (Å²) in [5.74, 6) is 2.57. The lowest BCUT2D eigenvalue weighted by Gasteiger charge is -2.25. The number of hydrogen-bond acceptors (Lipinski definition) is 3. The second-order valence-electron chi connectivity index (χ2n) is 5.57. The number of rotatable bonds is 5. The van der Waals surface area contributed by atoms with Crippen LogP contribution in [-0.4, -0.2) is 16.5 Å². The molecule has 18 heavy (non-hydrogen) atoms. The molecule has 0 saturated carbocycles. The molecule has 1 N–H and O–H groups in total. The number of nitrogens with zero attached hydrogens (tertiary/aromatic N) is 2. The summed E-state index contributed by atoms with van der Waals surface area (Å²) in [6.45, 7) is 13.8. The highest BCUT2D eigenvalue weighted by molar-refractivity contribution is 6.31. The number of halogens is 1. The molecule has 0 aromatic carbocycles. The summed E-state index contributed by atoms with van der Waals surface area (Å²) in [4.78, 5) is 8.74. The molecule has 3 nitrogen and oxygen atoms in total. The van der Waals surface area contributed by atoms with Gasteiger partial charge in [-0.15, -0.1) is 0 Å². The molecule has 0 amide bonds. The van der Waals surface area contributed by atoms with E-state index in [0.717, 1.165) is 17.9 Å². The summed E-state index contributed by atoms with van der Waals surface area (Å²) < 4.78 is 0. The van der Waals surface area contributed by atoms with Gasteiger partial charge >= 0.3 is 0 Å². The minimum atomic E-state index is 0.462. The molecule has 0 bridgehead atoms. The SMILES string of the molecule is Cc1nc(Cl)c(NCC(C(C)C)C(C)C)nc1C. The van der Waals surface area contributed by atoms with Crippen molar-refractivity contribution in [1.29, 1.82) is 0 Å². The van der Waals surface area contributed by atoms with E-state index in [1.54, 1.807) is 0 Å². The van der Waals surface area contributed by atoms with E-state index in [9.17, 15) is 0 Å². The standard InChI is InChI=1S/C14H24ClN3/c1-8(2)12(9(3)4)7-16-14-13(15)17-10(5)11(6)18-14/h8-9,12H,7H2,1-6H3,(H,16,18). The molecule has 0 spiro atoms. The lowest BCUT2D eigenvalue weighted by atomic mass is 9.85. The maximum atomic E-state index is 6.11. The first-order valence-electron chi connectivity index (χ1n) is 6.57. The molecule has 0 radical (unpaired) electrons. The molecule has 1 aromatic rings. The van der Waals surface area contributed by atoms with Crippen molar-refractivity contribution in [2.75, 3.05) is 11.9 Å². The van der Waals surface area contributed by atoms with E-state index in [1.807, 2.05) is 13.8 Å². The van der Waals surface area contributed by atoms with Crippen LogP contribution in [0.4, 0.5) is 5.82 Å². The Morgan fingerprint density at radius 2 is 1.50 bits per heavy atom. The number of nitrogens with one attached hydrogen (secondary N) is 1. The zero-order chi connectivity index (χ0) is 13.9. The lowest BCUT2D eigenvalue weighted by Crippen LogP contribution is -2.25. The fourth-order valence-corrected chi connectivity index (χ4v) is 2.38. The predicted octanol–water partition coefficient (Wildman–Crippen LogP) is 4.09. The summed E-state index contributed by atoms with van der Waals surface area (Å²) >= 11 is 6.11. The van der Waals surface area contributed by atoms with Gasteiger partial charge in [0.2, 0.25) is 0 Å². The molecule has 1 heterocycles. The van der Waals surface area contributed by atoms with Crippen molar-refractivity contribution in [3.05, 3.63) is 16.5 Å². The van der Waals surface area contributed by atoms with Crippen LogP contribution in [0.15, 0.2) is 0 Å². The largest absolute Gasteiger partial charge is 0.367 e. The third kappa shape index (κ3) is 3.84. The molecule has 0 aliphatic carbocycles. The van der Waals surface area contributed by atoms with Gasteiger partial charge in [0.25, 0.3) is 0 Å². The Morgan fingerprint density at radius 1 is 1.00 bits per heavy atom. The molecule has 0 aliphatic rings. The number of hydrogen-bond donors (Lipinski definition) is 1. The first-order valence-corrected chi connectivity index (χ1v) is 6.95. The maximum Gasteiger partial charge on any atom is 0.171 e. The monoisotopic (exact) mass is 269 g/mol. The van der Waals surface area contributed by atoms with Crippen molar-refractivity contribution in [3.8, 4) is 0 Å². The summed E-state index contributed by atoms with van der Waals surface area (Å²) in [5, 5.41) is 3.80. The Labute approximate surface area is 115 Å². The minimum Gasteiger partial charge on any atom is -0.367 e. The van der Waals surface area contributed by atoms with Crippen molar-refractivity contribution in [2.24, 2.45) is 17.8 Å². The van der Waals surface area contributed by atoms with Crippen LogP contribution in [-0.2, 0) is 0 Å². The fourth-order valence-electron chi connectivity index (χ4n) is 2.14. The zero-order valence-corrected chi connectivity index (χ0v) is 13.0.